The summed E-state index contributed by atoms with van der Waals surface area (Å²) in [6.45, 7) is -0.960. The minimum absolute atomic E-state index is 0. The minimum Gasteiger partial charge on any atom is -0.394 e. The number of carbonyl (C=O) groups is 1. The fraction of sp³-hybridized carbons (Fsp3) is 0.833. The Morgan fingerprint density at radius 2 is 1.71 bits per heavy atom. The van der Waals surface area contributed by atoms with Crippen LogP contribution in [0.25, 0.3) is 0 Å². The smallest absolute Gasteiger partial charge is 0.394 e. The molecule has 9 nitrogen and oxygen atoms in total. The van der Waals surface area contributed by atoms with Crippen LogP contribution in [0, 0.1) is 0 Å². The zero-order valence-corrected chi connectivity index (χ0v) is 11.7. The van der Waals surface area contributed by atoms with Crippen LogP contribution in [0.4, 0.5) is 0 Å². The van der Waals surface area contributed by atoms with Gasteiger partial charge in [0.15, 0.2) is 6.29 Å². The Morgan fingerprint density at radius 3 is 2.00 bits per heavy atom. The van der Waals surface area contributed by atoms with E-state index in [1.54, 1.807) is 0 Å². The Bertz CT molecular complexity index is 317. The van der Waals surface area contributed by atoms with Gasteiger partial charge in [-0.25, -0.2) is 4.18 Å². The first kappa shape index (κ1) is 19.7. The van der Waals surface area contributed by atoms with Crippen LogP contribution in [0.2, 0.25) is 0 Å². The summed E-state index contributed by atoms with van der Waals surface area (Å²) in [6, 6.07) is 0. The average molecular weight is 283 g/mol. The van der Waals surface area contributed by atoms with Crippen LogP contribution < -0.4 is 0 Å². The normalized spacial score (nSPS) is 18.6. The molecular weight excluding hydrogens is 271 g/mol. The Kier molecular flexibility index (Phi) is 9.83. The first-order valence-corrected chi connectivity index (χ1v) is 5.35. The van der Waals surface area contributed by atoms with Crippen molar-refractivity contribution in [2.75, 3.05) is 6.61 Å². The molecule has 97 valence electrons. The average Bonchev–Trinajstić information content (AvgIpc) is 2.21. The summed E-state index contributed by atoms with van der Waals surface area (Å²) in [4.78, 5) is 10.2. The Balaban J connectivity index is 0. The van der Waals surface area contributed by atoms with Crippen molar-refractivity contribution in [3.8, 4) is 0 Å². The van der Waals surface area contributed by atoms with Crippen LogP contribution in [0.3, 0.4) is 0 Å². The molecule has 1 radical (unpaired) electrons. The number of carbonyl (C=O) groups excluding carboxylic acids is 1. The van der Waals surface area contributed by atoms with Gasteiger partial charge in [0.2, 0.25) is 0 Å². The third kappa shape index (κ3) is 7.41. The van der Waals surface area contributed by atoms with E-state index in [0.717, 1.165) is 0 Å². The molecule has 0 aromatic heterocycles. The summed E-state index contributed by atoms with van der Waals surface area (Å²) >= 11 is 0. The molecule has 11 heteroatoms. The zero-order valence-electron chi connectivity index (χ0n) is 8.87. The van der Waals surface area contributed by atoms with E-state index in [1.807, 2.05) is 0 Å². The van der Waals surface area contributed by atoms with Crippen molar-refractivity contribution in [2.24, 2.45) is 0 Å². The second-order valence-corrected chi connectivity index (χ2v) is 3.90. The number of aldehydes is 1. The molecule has 0 rings (SSSR count). The van der Waals surface area contributed by atoms with Gasteiger partial charge in [0.1, 0.15) is 24.4 Å². The van der Waals surface area contributed by atoms with Gasteiger partial charge in [0.05, 0.1) is 6.61 Å². The van der Waals surface area contributed by atoms with Crippen LogP contribution in [0.5, 0.6) is 0 Å². The van der Waals surface area contributed by atoms with E-state index in [0.29, 0.717) is 0 Å². The van der Waals surface area contributed by atoms with Gasteiger partial charge in [0.25, 0.3) is 0 Å². The Morgan fingerprint density at radius 1 is 1.24 bits per heavy atom. The molecular formula is C6H12NaO9S. The predicted molar refractivity (Wildman–Crippen MR) is 53.3 cm³/mol. The molecule has 0 aliphatic rings. The molecule has 0 aliphatic carbocycles. The van der Waals surface area contributed by atoms with Gasteiger partial charge >= 0.3 is 10.4 Å². The van der Waals surface area contributed by atoms with E-state index in [4.69, 9.17) is 19.9 Å². The Labute approximate surface area is 119 Å². The number of aliphatic hydroxyl groups excluding tert-OH is 4. The van der Waals surface area contributed by atoms with Crippen molar-refractivity contribution < 1.29 is 42.4 Å². The molecule has 0 amide bonds. The van der Waals surface area contributed by atoms with Crippen LogP contribution in [-0.4, -0.2) is 100 Å². The van der Waals surface area contributed by atoms with E-state index in [9.17, 15) is 18.3 Å². The second kappa shape index (κ2) is 8.48. The summed E-state index contributed by atoms with van der Waals surface area (Å²) in [5.41, 5.74) is 0. The largest absolute Gasteiger partial charge is 0.397 e. The summed E-state index contributed by atoms with van der Waals surface area (Å²) in [6.07, 6.45) is -8.30. The third-order valence-corrected chi connectivity index (χ3v) is 2.09. The van der Waals surface area contributed by atoms with E-state index in [1.165, 1.54) is 0 Å². The number of rotatable bonds is 7. The predicted octanol–water partition coefficient (Wildman–Crippen LogP) is -3.93. The van der Waals surface area contributed by atoms with Gasteiger partial charge in [-0.2, -0.15) is 8.42 Å². The van der Waals surface area contributed by atoms with Gasteiger partial charge in [0, 0.05) is 29.6 Å². The standard InChI is InChI=1S/C6H12O9S.Na/c7-1-3(9)5(11)6(4(10)2-8)15-16(12,13)14;/h2-7,9-11H,1H2,(H,12,13,14);/t3-,4+,5-,6-;/m1./s1. The molecule has 0 saturated heterocycles. The molecule has 4 atom stereocenters. The number of hydrogen-bond acceptors (Lipinski definition) is 8. The zero-order chi connectivity index (χ0) is 12.9. The number of hydrogen-bond donors (Lipinski definition) is 5. The van der Waals surface area contributed by atoms with Crippen molar-refractivity contribution in [1.29, 1.82) is 0 Å². The topological polar surface area (TPSA) is 162 Å². The first-order valence-electron chi connectivity index (χ1n) is 3.99. The molecule has 0 bridgehead atoms. The fourth-order valence-electron chi connectivity index (χ4n) is 0.861. The quantitative estimate of drug-likeness (QED) is 0.178. The van der Waals surface area contributed by atoms with Gasteiger partial charge in [-0.3, -0.25) is 4.55 Å². The molecule has 0 aromatic carbocycles. The van der Waals surface area contributed by atoms with Crippen molar-refractivity contribution in [1.82, 2.24) is 0 Å². The maximum absolute atomic E-state index is 10.3. The van der Waals surface area contributed by atoms with Crippen LogP contribution in [0.1, 0.15) is 0 Å². The van der Waals surface area contributed by atoms with Crippen LogP contribution in [0.15, 0.2) is 0 Å². The van der Waals surface area contributed by atoms with Crippen molar-refractivity contribution in [2.45, 2.75) is 24.4 Å². The molecule has 17 heavy (non-hydrogen) atoms. The van der Waals surface area contributed by atoms with E-state index in [2.05, 4.69) is 4.18 Å². The first-order chi connectivity index (χ1) is 7.22. The summed E-state index contributed by atoms with van der Waals surface area (Å²) < 4.78 is 32.8. The van der Waals surface area contributed by atoms with E-state index < -0.39 is 41.4 Å². The van der Waals surface area contributed by atoms with Gasteiger partial charge < -0.3 is 25.2 Å². The van der Waals surface area contributed by atoms with Crippen molar-refractivity contribution in [3.05, 3.63) is 0 Å². The molecule has 5 N–H and O–H groups in total. The molecule has 0 aliphatic heterocycles. The Hall–Kier alpha value is 0.380. The molecule has 0 saturated carbocycles. The number of aliphatic hydroxyl groups is 4. The van der Waals surface area contributed by atoms with Crippen LogP contribution in [-0.2, 0) is 19.4 Å². The second-order valence-electron chi connectivity index (χ2n) is 2.86. The third-order valence-electron chi connectivity index (χ3n) is 1.63. The van der Waals surface area contributed by atoms with Crippen molar-refractivity contribution in [3.63, 3.8) is 0 Å². The van der Waals surface area contributed by atoms with Gasteiger partial charge in [-0.05, 0) is 0 Å². The van der Waals surface area contributed by atoms with Crippen molar-refractivity contribution >= 4 is 46.2 Å². The maximum Gasteiger partial charge on any atom is 0.397 e. The molecule has 0 heterocycles. The molecule has 0 aromatic rings. The molecule has 0 spiro atoms. The van der Waals surface area contributed by atoms with Gasteiger partial charge in [-0.1, -0.05) is 0 Å². The van der Waals surface area contributed by atoms with Crippen LogP contribution >= 0.6 is 0 Å². The van der Waals surface area contributed by atoms with E-state index >= 15 is 0 Å². The minimum atomic E-state index is -5.04. The summed E-state index contributed by atoms with van der Waals surface area (Å²) in [5.74, 6) is 0. The molecule has 0 unspecified atom stereocenters. The molecule has 0 fully saturated rings. The maximum atomic E-state index is 10.3. The summed E-state index contributed by atoms with van der Waals surface area (Å²) in [5, 5.41) is 35.6. The SMILES string of the molecule is O=C[C@H](O)[C@@H](OS(=O)(=O)O)[C@H](O)[C@H](O)CO.[Na]. The van der Waals surface area contributed by atoms with E-state index in [-0.39, 0.29) is 35.8 Å². The van der Waals surface area contributed by atoms with Gasteiger partial charge in [-0.15, -0.1) is 0 Å². The fourth-order valence-corrected chi connectivity index (χ4v) is 1.37. The summed E-state index contributed by atoms with van der Waals surface area (Å²) in [7, 11) is -5.04. The monoisotopic (exact) mass is 283 g/mol.